The second-order valence-electron chi connectivity index (χ2n) is 6.05. The predicted molar refractivity (Wildman–Crippen MR) is 124 cm³/mol. The van der Waals surface area contributed by atoms with Crippen LogP contribution in [-0.4, -0.2) is 30.3 Å². The number of carbonyl (C=O) groups excluding carboxylic acids is 1. The van der Waals surface area contributed by atoms with E-state index in [-0.39, 0.29) is 27.3 Å². The monoisotopic (exact) mass is 481 g/mol. The van der Waals surface area contributed by atoms with Gasteiger partial charge in [0.25, 0.3) is 5.91 Å². The van der Waals surface area contributed by atoms with Crippen LogP contribution in [0.1, 0.15) is 10.6 Å². The Morgan fingerprint density at radius 3 is 2.29 bits per heavy atom. The van der Waals surface area contributed by atoms with Crippen molar-refractivity contribution >= 4 is 63.5 Å². The molecule has 0 bridgehead atoms. The summed E-state index contributed by atoms with van der Waals surface area (Å²) >= 11 is 17.8. The van der Waals surface area contributed by atoms with E-state index in [4.69, 9.17) is 49.3 Å². The molecule has 0 spiro atoms. The van der Waals surface area contributed by atoms with E-state index >= 15 is 0 Å². The van der Waals surface area contributed by atoms with Gasteiger partial charge in [0.1, 0.15) is 17.2 Å². The predicted octanol–water partition coefficient (Wildman–Crippen LogP) is 5.37. The molecule has 4 N–H and O–H groups in total. The highest BCUT2D eigenvalue weighted by Crippen LogP contribution is 2.37. The van der Waals surface area contributed by atoms with Gasteiger partial charge in [0.05, 0.1) is 47.6 Å². The Morgan fingerprint density at radius 1 is 0.968 bits per heavy atom. The summed E-state index contributed by atoms with van der Waals surface area (Å²) < 4.78 is 15.5. The average molecular weight is 482 g/mol. The Labute approximate surface area is 193 Å². The Bertz CT molecular complexity index is 1120. The molecule has 0 atom stereocenters. The van der Waals surface area contributed by atoms with E-state index in [0.29, 0.717) is 27.9 Å². The number of phenols is 1. The molecule has 1 amide bonds. The highest BCUT2D eigenvalue weighted by Gasteiger charge is 2.16. The van der Waals surface area contributed by atoms with Crippen molar-refractivity contribution in [1.82, 2.24) is 0 Å². The Hall–Kier alpha value is -3.14. The molecule has 0 aliphatic carbocycles. The first-order valence-electron chi connectivity index (χ1n) is 8.69. The number of phenolic OH excluding ortho intramolecular Hbond substituents is 1. The van der Waals surface area contributed by atoms with Gasteiger partial charge in [-0.25, -0.2) is 0 Å². The lowest BCUT2D eigenvalue weighted by Gasteiger charge is -2.16. The number of methoxy groups -OCH3 is 2. The van der Waals surface area contributed by atoms with E-state index in [1.807, 2.05) is 0 Å². The lowest BCUT2D eigenvalue weighted by atomic mass is 10.2. The minimum atomic E-state index is -0.530. The van der Waals surface area contributed by atoms with E-state index in [0.717, 1.165) is 0 Å². The fraction of sp³-hybridized carbons (Fsp3) is 0.100. The molecule has 31 heavy (non-hydrogen) atoms. The quantitative estimate of drug-likeness (QED) is 0.275. The largest absolute Gasteiger partial charge is 0.506 e. The molecular formula is C20H17Cl2N3O5S. The fourth-order valence-corrected chi connectivity index (χ4v) is 3.25. The van der Waals surface area contributed by atoms with Gasteiger partial charge in [-0.1, -0.05) is 23.2 Å². The molecule has 0 aliphatic heterocycles. The highest BCUT2D eigenvalue weighted by atomic mass is 35.5. The van der Waals surface area contributed by atoms with Crippen LogP contribution in [0.4, 0.5) is 17.1 Å². The van der Waals surface area contributed by atoms with E-state index in [1.165, 1.54) is 38.7 Å². The number of benzene rings is 2. The highest BCUT2D eigenvalue weighted by molar-refractivity contribution is 7.80. The topological polar surface area (TPSA) is 105 Å². The molecular weight excluding hydrogens is 465 g/mol. The summed E-state index contributed by atoms with van der Waals surface area (Å²) in [4.78, 5) is 12.1. The zero-order valence-electron chi connectivity index (χ0n) is 16.3. The third-order valence-electron chi connectivity index (χ3n) is 4.05. The van der Waals surface area contributed by atoms with E-state index < -0.39 is 5.91 Å². The van der Waals surface area contributed by atoms with Crippen molar-refractivity contribution in [3.8, 4) is 17.2 Å². The van der Waals surface area contributed by atoms with Crippen LogP contribution < -0.4 is 25.4 Å². The van der Waals surface area contributed by atoms with Crippen LogP contribution in [0.5, 0.6) is 17.2 Å². The average Bonchev–Trinajstić information content (AvgIpc) is 3.27. The second kappa shape index (κ2) is 9.78. The molecule has 0 saturated carbocycles. The van der Waals surface area contributed by atoms with Crippen LogP contribution >= 0.6 is 35.4 Å². The number of halogens is 2. The lowest BCUT2D eigenvalue weighted by Crippen LogP contribution is -2.20. The second-order valence-corrected chi connectivity index (χ2v) is 7.27. The standard InChI is InChI=1S/C20H17Cl2N3O5S/c1-28-17-9-18(29-2)14(7-11(17)22)25-20(31)24-12-8-15(26)13(6-10(12)21)23-19(27)16-4-3-5-30-16/h3-9,26H,1-2H3,(H,23,27)(H2,24,25,31). The van der Waals surface area contributed by atoms with Crippen molar-refractivity contribution < 1.29 is 23.8 Å². The molecule has 8 nitrogen and oxygen atoms in total. The van der Waals surface area contributed by atoms with E-state index in [9.17, 15) is 9.90 Å². The first-order valence-corrected chi connectivity index (χ1v) is 9.85. The molecule has 1 aromatic heterocycles. The number of ether oxygens (including phenoxy) is 2. The van der Waals surface area contributed by atoms with Gasteiger partial charge < -0.3 is 34.9 Å². The molecule has 3 aromatic rings. The van der Waals surface area contributed by atoms with Crippen LogP contribution in [0.2, 0.25) is 10.0 Å². The number of furan rings is 1. The Kier molecular flexibility index (Phi) is 7.11. The van der Waals surface area contributed by atoms with Gasteiger partial charge in [0.15, 0.2) is 10.9 Å². The summed E-state index contributed by atoms with van der Waals surface area (Å²) in [7, 11) is 2.99. The zero-order valence-corrected chi connectivity index (χ0v) is 18.6. The normalized spacial score (nSPS) is 10.3. The van der Waals surface area contributed by atoms with Crippen LogP contribution in [0, 0.1) is 0 Å². The minimum Gasteiger partial charge on any atom is -0.506 e. The van der Waals surface area contributed by atoms with Gasteiger partial charge in [-0.05, 0) is 36.5 Å². The summed E-state index contributed by atoms with van der Waals surface area (Å²) in [6.45, 7) is 0. The van der Waals surface area contributed by atoms with Crippen molar-refractivity contribution in [3.63, 3.8) is 0 Å². The van der Waals surface area contributed by atoms with Crippen molar-refractivity contribution in [1.29, 1.82) is 0 Å². The molecule has 1 heterocycles. The van der Waals surface area contributed by atoms with Crippen LogP contribution in [0.25, 0.3) is 0 Å². The third kappa shape index (κ3) is 5.32. The molecule has 3 rings (SSSR count). The number of anilines is 3. The molecule has 0 saturated heterocycles. The van der Waals surface area contributed by atoms with Gasteiger partial charge in [-0.3, -0.25) is 4.79 Å². The maximum Gasteiger partial charge on any atom is 0.291 e. The smallest absolute Gasteiger partial charge is 0.291 e. The number of hydrogen-bond donors (Lipinski definition) is 4. The number of nitrogens with one attached hydrogen (secondary N) is 3. The number of amides is 1. The molecule has 0 radical (unpaired) electrons. The van der Waals surface area contributed by atoms with E-state index in [2.05, 4.69) is 16.0 Å². The van der Waals surface area contributed by atoms with E-state index in [1.54, 1.807) is 18.2 Å². The van der Waals surface area contributed by atoms with Crippen molar-refractivity contribution in [2.45, 2.75) is 0 Å². The van der Waals surface area contributed by atoms with Crippen molar-refractivity contribution in [3.05, 3.63) is 58.5 Å². The number of carbonyl (C=O) groups is 1. The molecule has 162 valence electrons. The van der Waals surface area contributed by atoms with Gasteiger partial charge in [-0.15, -0.1) is 0 Å². The number of aromatic hydroxyl groups is 1. The maximum atomic E-state index is 12.1. The molecule has 0 unspecified atom stereocenters. The van der Waals surface area contributed by atoms with Gasteiger partial charge in [-0.2, -0.15) is 0 Å². The zero-order chi connectivity index (χ0) is 22.5. The summed E-state index contributed by atoms with van der Waals surface area (Å²) in [5, 5.41) is 19.4. The Balaban J connectivity index is 1.74. The van der Waals surface area contributed by atoms with Gasteiger partial charge in [0, 0.05) is 12.1 Å². The SMILES string of the molecule is COc1cc(OC)c(NC(=S)Nc2cc(O)c(NC(=O)c3ccco3)cc2Cl)cc1Cl. The molecule has 0 aliphatic rings. The molecule has 0 fully saturated rings. The van der Waals surface area contributed by atoms with Crippen molar-refractivity contribution in [2.24, 2.45) is 0 Å². The minimum absolute atomic E-state index is 0.0928. The molecule has 11 heteroatoms. The summed E-state index contributed by atoms with van der Waals surface area (Å²) in [5.74, 6) is 0.242. The third-order valence-corrected chi connectivity index (χ3v) is 4.86. The van der Waals surface area contributed by atoms with Crippen molar-refractivity contribution in [2.75, 3.05) is 30.2 Å². The van der Waals surface area contributed by atoms with Gasteiger partial charge in [0.2, 0.25) is 0 Å². The first kappa shape index (κ1) is 22.5. The van der Waals surface area contributed by atoms with Gasteiger partial charge >= 0.3 is 0 Å². The van der Waals surface area contributed by atoms with Crippen LogP contribution in [-0.2, 0) is 0 Å². The van der Waals surface area contributed by atoms with Crippen LogP contribution in [0.3, 0.4) is 0 Å². The number of rotatable bonds is 6. The summed E-state index contributed by atoms with van der Waals surface area (Å²) in [5.41, 5.74) is 0.916. The number of thiocarbonyl (C=S) groups is 1. The fourth-order valence-electron chi connectivity index (χ4n) is 2.58. The maximum absolute atomic E-state index is 12.1. The summed E-state index contributed by atoms with van der Waals surface area (Å²) in [6.07, 6.45) is 1.37. The first-order chi connectivity index (χ1) is 14.8. The number of hydrogen-bond acceptors (Lipinski definition) is 6. The Morgan fingerprint density at radius 2 is 1.65 bits per heavy atom. The summed E-state index contributed by atoms with van der Waals surface area (Å²) in [6, 6.07) is 8.99. The molecule has 2 aromatic carbocycles. The lowest BCUT2D eigenvalue weighted by molar-refractivity contribution is 0.0996. The van der Waals surface area contributed by atoms with Crippen LogP contribution in [0.15, 0.2) is 47.1 Å².